The van der Waals surface area contributed by atoms with Crippen LogP contribution < -0.4 is 4.74 Å². The van der Waals surface area contributed by atoms with Crippen LogP contribution in [-0.4, -0.2) is 22.3 Å². The van der Waals surface area contributed by atoms with Crippen molar-refractivity contribution in [3.8, 4) is 28.5 Å². The molecule has 3 aromatic rings. The standard InChI is InChI=1S/C16H13N3O/c1-20-16-17-14(12-8-4-2-5-9-12)15(18-19-16)13-10-6-3-7-11-13/h2-11H,1H3. The minimum absolute atomic E-state index is 0.267. The van der Waals surface area contributed by atoms with E-state index in [2.05, 4.69) is 15.2 Å². The van der Waals surface area contributed by atoms with E-state index >= 15 is 0 Å². The molecule has 0 spiro atoms. The van der Waals surface area contributed by atoms with Gasteiger partial charge in [-0.25, -0.2) is 0 Å². The van der Waals surface area contributed by atoms with E-state index in [0.717, 1.165) is 22.5 Å². The molecule has 4 nitrogen and oxygen atoms in total. The molecule has 0 saturated carbocycles. The van der Waals surface area contributed by atoms with Crippen molar-refractivity contribution in [2.24, 2.45) is 0 Å². The number of ether oxygens (including phenoxy) is 1. The molecule has 0 N–H and O–H groups in total. The first-order chi connectivity index (χ1) is 9.88. The van der Waals surface area contributed by atoms with Crippen LogP contribution >= 0.6 is 0 Å². The Morgan fingerprint density at radius 2 is 1.25 bits per heavy atom. The van der Waals surface area contributed by atoms with E-state index in [-0.39, 0.29) is 6.01 Å². The van der Waals surface area contributed by atoms with Crippen LogP contribution in [-0.2, 0) is 0 Å². The van der Waals surface area contributed by atoms with Gasteiger partial charge in [0, 0.05) is 11.1 Å². The molecule has 0 atom stereocenters. The highest BCUT2D eigenvalue weighted by atomic mass is 16.5. The Balaban J connectivity index is 2.20. The SMILES string of the molecule is COc1nnc(-c2ccccc2)c(-c2ccccc2)n1. The summed E-state index contributed by atoms with van der Waals surface area (Å²) >= 11 is 0. The maximum Gasteiger partial charge on any atom is 0.336 e. The summed E-state index contributed by atoms with van der Waals surface area (Å²) in [4.78, 5) is 4.44. The van der Waals surface area contributed by atoms with Gasteiger partial charge in [0.1, 0.15) is 11.4 Å². The number of hydrogen-bond acceptors (Lipinski definition) is 4. The topological polar surface area (TPSA) is 47.9 Å². The number of methoxy groups -OCH3 is 1. The Morgan fingerprint density at radius 3 is 1.80 bits per heavy atom. The lowest BCUT2D eigenvalue weighted by Gasteiger charge is -2.08. The van der Waals surface area contributed by atoms with Crippen LogP contribution in [0, 0.1) is 0 Å². The van der Waals surface area contributed by atoms with Crippen LogP contribution in [0.2, 0.25) is 0 Å². The molecule has 0 aliphatic rings. The van der Waals surface area contributed by atoms with Gasteiger partial charge in [-0.15, -0.1) is 5.10 Å². The second-order valence-electron chi connectivity index (χ2n) is 4.23. The first-order valence-electron chi connectivity index (χ1n) is 6.28. The fourth-order valence-corrected chi connectivity index (χ4v) is 1.99. The van der Waals surface area contributed by atoms with Crippen molar-refractivity contribution in [3.05, 3.63) is 60.7 Å². The van der Waals surface area contributed by atoms with Gasteiger partial charge in [-0.2, -0.15) is 4.98 Å². The summed E-state index contributed by atoms with van der Waals surface area (Å²) in [6.07, 6.45) is 0. The van der Waals surface area contributed by atoms with Crippen LogP contribution in [0.4, 0.5) is 0 Å². The van der Waals surface area contributed by atoms with Gasteiger partial charge in [0.25, 0.3) is 0 Å². The largest absolute Gasteiger partial charge is 0.466 e. The fraction of sp³-hybridized carbons (Fsp3) is 0.0625. The molecular weight excluding hydrogens is 250 g/mol. The summed E-state index contributed by atoms with van der Waals surface area (Å²) < 4.78 is 5.08. The molecule has 0 fully saturated rings. The highest BCUT2D eigenvalue weighted by Crippen LogP contribution is 2.28. The van der Waals surface area contributed by atoms with Gasteiger partial charge in [0.05, 0.1) is 7.11 Å². The molecule has 0 bridgehead atoms. The Morgan fingerprint density at radius 1 is 0.700 bits per heavy atom. The predicted molar refractivity (Wildman–Crippen MR) is 77.3 cm³/mol. The molecule has 0 amide bonds. The molecular formula is C16H13N3O. The van der Waals surface area contributed by atoms with Gasteiger partial charge in [-0.05, 0) is 0 Å². The van der Waals surface area contributed by atoms with Gasteiger partial charge in [-0.3, -0.25) is 0 Å². The molecule has 20 heavy (non-hydrogen) atoms. The van der Waals surface area contributed by atoms with Gasteiger partial charge < -0.3 is 4.74 Å². The van der Waals surface area contributed by atoms with Crippen LogP contribution in [0.25, 0.3) is 22.5 Å². The van der Waals surface area contributed by atoms with E-state index in [1.165, 1.54) is 7.11 Å². The summed E-state index contributed by atoms with van der Waals surface area (Å²) in [5.41, 5.74) is 3.48. The zero-order valence-corrected chi connectivity index (χ0v) is 11.0. The molecule has 0 saturated heterocycles. The summed E-state index contributed by atoms with van der Waals surface area (Å²) in [7, 11) is 1.54. The van der Waals surface area contributed by atoms with Gasteiger partial charge in [0.2, 0.25) is 0 Å². The lowest BCUT2D eigenvalue weighted by atomic mass is 10.0. The van der Waals surface area contributed by atoms with Crippen LogP contribution in [0.1, 0.15) is 0 Å². The quantitative estimate of drug-likeness (QED) is 0.728. The molecule has 1 aromatic heterocycles. The van der Waals surface area contributed by atoms with E-state index in [4.69, 9.17) is 4.74 Å². The molecule has 0 unspecified atom stereocenters. The predicted octanol–water partition coefficient (Wildman–Crippen LogP) is 3.21. The van der Waals surface area contributed by atoms with Crippen molar-refractivity contribution in [1.82, 2.24) is 15.2 Å². The first-order valence-corrected chi connectivity index (χ1v) is 6.28. The lowest BCUT2D eigenvalue weighted by molar-refractivity contribution is 0.374. The Hall–Kier alpha value is -2.75. The smallest absolute Gasteiger partial charge is 0.336 e. The molecule has 98 valence electrons. The molecule has 4 heteroatoms. The fourth-order valence-electron chi connectivity index (χ4n) is 1.99. The number of rotatable bonds is 3. The van der Waals surface area contributed by atoms with E-state index in [0.29, 0.717) is 0 Å². The minimum Gasteiger partial charge on any atom is -0.466 e. The lowest BCUT2D eigenvalue weighted by Crippen LogP contribution is -2.00. The van der Waals surface area contributed by atoms with Crippen molar-refractivity contribution in [2.45, 2.75) is 0 Å². The second-order valence-corrected chi connectivity index (χ2v) is 4.23. The van der Waals surface area contributed by atoms with Gasteiger partial charge >= 0.3 is 6.01 Å². The third-order valence-electron chi connectivity index (χ3n) is 2.94. The summed E-state index contributed by atoms with van der Waals surface area (Å²) in [6, 6.07) is 20.1. The average Bonchev–Trinajstić information content (AvgIpc) is 2.56. The summed E-state index contributed by atoms with van der Waals surface area (Å²) in [6.45, 7) is 0. The zero-order chi connectivity index (χ0) is 13.8. The van der Waals surface area contributed by atoms with Gasteiger partial charge in [0.15, 0.2) is 0 Å². The normalized spacial score (nSPS) is 10.2. The van der Waals surface area contributed by atoms with E-state index in [1.807, 2.05) is 60.7 Å². The number of hydrogen-bond donors (Lipinski definition) is 0. The number of aromatic nitrogens is 3. The third-order valence-corrected chi connectivity index (χ3v) is 2.94. The van der Waals surface area contributed by atoms with Crippen LogP contribution in [0.5, 0.6) is 6.01 Å². The third kappa shape index (κ3) is 2.36. The Labute approximate surface area is 117 Å². The highest BCUT2D eigenvalue weighted by molar-refractivity contribution is 5.77. The molecule has 3 rings (SSSR count). The Bertz CT molecular complexity index is 699. The molecule has 2 aromatic carbocycles. The van der Waals surface area contributed by atoms with E-state index in [9.17, 15) is 0 Å². The maximum atomic E-state index is 5.08. The first kappa shape index (κ1) is 12.3. The highest BCUT2D eigenvalue weighted by Gasteiger charge is 2.13. The van der Waals surface area contributed by atoms with Crippen molar-refractivity contribution in [1.29, 1.82) is 0 Å². The van der Waals surface area contributed by atoms with E-state index in [1.54, 1.807) is 0 Å². The monoisotopic (exact) mass is 263 g/mol. The molecule has 0 aliphatic heterocycles. The van der Waals surface area contributed by atoms with Crippen LogP contribution in [0.15, 0.2) is 60.7 Å². The van der Waals surface area contributed by atoms with Crippen molar-refractivity contribution < 1.29 is 4.74 Å². The number of nitrogens with zero attached hydrogens (tertiary/aromatic N) is 3. The van der Waals surface area contributed by atoms with E-state index < -0.39 is 0 Å². The summed E-state index contributed by atoms with van der Waals surface area (Å²) in [5.74, 6) is 0. The van der Waals surface area contributed by atoms with Crippen molar-refractivity contribution in [2.75, 3.05) is 7.11 Å². The zero-order valence-electron chi connectivity index (χ0n) is 11.0. The Kier molecular flexibility index (Phi) is 3.37. The molecule has 0 aliphatic carbocycles. The average molecular weight is 263 g/mol. The molecule has 0 radical (unpaired) electrons. The minimum atomic E-state index is 0.267. The van der Waals surface area contributed by atoms with Crippen molar-refractivity contribution >= 4 is 0 Å². The van der Waals surface area contributed by atoms with Gasteiger partial charge in [-0.1, -0.05) is 65.8 Å². The molecule has 1 heterocycles. The van der Waals surface area contributed by atoms with Crippen molar-refractivity contribution in [3.63, 3.8) is 0 Å². The summed E-state index contributed by atoms with van der Waals surface area (Å²) in [5, 5.41) is 8.23. The number of benzene rings is 2. The second kappa shape index (κ2) is 5.48. The van der Waals surface area contributed by atoms with Crippen LogP contribution in [0.3, 0.4) is 0 Å². The maximum absolute atomic E-state index is 5.08.